The fourth-order valence-electron chi connectivity index (χ4n) is 3.45. The lowest BCUT2D eigenvalue weighted by Crippen LogP contribution is -2.39. The molecule has 3 rings (SSSR count). The van der Waals surface area contributed by atoms with E-state index in [1.165, 1.54) is 38.1 Å². The van der Waals surface area contributed by atoms with E-state index in [1.807, 2.05) is 12.1 Å². The van der Waals surface area contributed by atoms with Crippen LogP contribution in [0.3, 0.4) is 0 Å². The van der Waals surface area contributed by atoms with Gasteiger partial charge in [-0.25, -0.2) is 4.99 Å². The van der Waals surface area contributed by atoms with E-state index >= 15 is 0 Å². The Balaban J connectivity index is 1.49. The number of nitrogens with one attached hydrogen (secondary N) is 2. The van der Waals surface area contributed by atoms with Crippen molar-refractivity contribution in [3.05, 3.63) is 64.1 Å². The first-order valence-electron chi connectivity index (χ1n) is 10.6. The monoisotopic (exact) mass is 413 g/mol. The molecule has 1 fully saturated rings. The molecular formula is C22H31N5O3. The van der Waals surface area contributed by atoms with Crippen molar-refractivity contribution in [2.24, 2.45) is 10.9 Å². The molecule has 2 heterocycles. The first-order valence-corrected chi connectivity index (χ1v) is 10.6. The molecule has 0 spiro atoms. The van der Waals surface area contributed by atoms with E-state index in [4.69, 9.17) is 4.42 Å². The van der Waals surface area contributed by atoms with Gasteiger partial charge in [-0.2, -0.15) is 0 Å². The van der Waals surface area contributed by atoms with Gasteiger partial charge in [0.1, 0.15) is 5.76 Å². The maximum absolute atomic E-state index is 10.8. The highest BCUT2D eigenvalue weighted by molar-refractivity contribution is 5.79. The summed E-state index contributed by atoms with van der Waals surface area (Å²) < 4.78 is 5.38. The summed E-state index contributed by atoms with van der Waals surface area (Å²) in [5.41, 5.74) is 1.01. The lowest BCUT2D eigenvalue weighted by molar-refractivity contribution is -0.384. The summed E-state index contributed by atoms with van der Waals surface area (Å²) in [6.45, 7) is 7.62. The molecule has 0 amide bonds. The standard InChI is InChI=1S/C22H31N5O3/c1-18-9-13-26(14-10-18)12-3-11-23-22(25-17-21-4-2-15-30-21)24-16-19-5-7-20(8-6-19)27(28)29/h2,4-8,15,18H,3,9-14,16-17H2,1H3,(H2,23,24,25). The van der Waals surface area contributed by atoms with Gasteiger partial charge in [0.15, 0.2) is 5.96 Å². The SMILES string of the molecule is CC1CCN(CCCNC(=NCc2ccc([N+](=O)[O-])cc2)NCc2ccco2)CC1. The van der Waals surface area contributed by atoms with Gasteiger partial charge in [0.05, 0.1) is 24.3 Å². The van der Waals surface area contributed by atoms with Crippen LogP contribution in [0.1, 0.15) is 37.5 Å². The van der Waals surface area contributed by atoms with Crippen molar-refractivity contribution in [1.29, 1.82) is 0 Å². The van der Waals surface area contributed by atoms with E-state index in [-0.39, 0.29) is 5.69 Å². The van der Waals surface area contributed by atoms with Gasteiger partial charge in [-0.05, 0) is 62.5 Å². The molecule has 162 valence electrons. The van der Waals surface area contributed by atoms with Gasteiger partial charge < -0.3 is 20.0 Å². The summed E-state index contributed by atoms with van der Waals surface area (Å²) >= 11 is 0. The van der Waals surface area contributed by atoms with Crippen LogP contribution in [0.4, 0.5) is 5.69 Å². The summed E-state index contributed by atoms with van der Waals surface area (Å²) in [4.78, 5) is 17.6. The number of aliphatic imine (C=N–C) groups is 1. The van der Waals surface area contributed by atoms with Crippen LogP contribution in [-0.2, 0) is 13.1 Å². The third-order valence-corrected chi connectivity index (χ3v) is 5.40. The molecule has 0 saturated carbocycles. The Morgan fingerprint density at radius 3 is 2.67 bits per heavy atom. The number of nitro benzene ring substituents is 1. The highest BCUT2D eigenvalue weighted by Gasteiger charge is 2.14. The van der Waals surface area contributed by atoms with Crippen molar-refractivity contribution in [3.63, 3.8) is 0 Å². The summed E-state index contributed by atoms with van der Waals surface area (Å²) in [6, 6.07) is 10.3. The molecule has 1 aliphatic heterocycles. The van der Waals surface area contributed by atoms with Crippen LogP contribution in [0, 0.1) is 16.0 Å². The summed E-state index contributed by atoms with van der Waals surface area (Å²) in [7, 11) is 0. The van der Waals surface area contributed by atoms with Crippen molar-refractivity contribution < 1.29 is 9.34 Å². The van der Waals surface area contributed by atoms with Crippen molar-refractivity contribution in [2.75, 3.05) is 26.2 Å². The van der Waals surface area contributed by atoms with Crippen LogP contribution < -0.4 is 10.6 Å². The quantitative estimate of drug-likeness (QED) is 0.215. The number of hydrogen-bond acceptors (Lipinski definition) is 5. The number of nitro groups is 1. The molecule has 1 aromatic heterocycles. The molecule has 8 nitrogen and oxygen atoms in total. The number of furan rings is 1. The normalized spacial score (nSPS) is 15.8. The maximum Gasteiger partial charge on any atom is 0.269 e. The number of likely N-dealkylation sites (tertiary alicyclic amines) is 1. The van der Waals surface area contributed by atoms with Crippen molar-refractivity contribution in [1.82, 2.24) is 15.5 Å². The molecule has 1 aromatic carbocycles. The third kappa shape index (κ3) is 7.18. The highest BCUT2D eigenvalue weighted by Crippen LogP contribution is 2.15. The minimum Gasteiger partial charge on any atom is -0.467 e. The van der Waals surface area contributed by atoms with Crippen LogP contribution in [0.25, 0.3) is 0 Å². The molecule has 8 heteroatoms. The number of hydrogen-bond donors (Lipinski definition) is 2. The smallest absolute Gasteiger partial charge is 0.269 e. The molecule has 0 atom stereocenters. The molecule has 0 radical (unpaired) electrons. The Hall–Kier alpha value is -2.87. The minimum atomic E-state index is -0.395. The Kier molecular flexibility index (Phi) is 8.26. The van der Waals surface area contributed by atoms with Crippen LogP contribution in [0.5, 0.6) is 0 Å². The molecular weight excluding hydrogens is 382 g/mol. The number of piperidine rings is 1. The van der Waals surface area contributed by atoms with Gasteiger partial charge in [-0.1, -0.05) is 19.1 Å². The van der Waals surface area contributed by atoms with Crippen LogP contribution in [-0.4, -0.2) is 42.0 Å². The zero-order chi connectivity index (χ0) is 21.2. The Labute approximate surface area is 177 Å². The minimum absolute atomic E-state index is 0.0872. The average molecular weight is 414 g/mol. The number of guanidine groups is 1. The second kappa shape index (κ2) is 11.3. The third-order valence-electron chi connectivity index (χ3n) is 5.40. The lowest BCUT2D eigenvalue weighted by atomic mass is 9.99. The molecule has 2 aromatic rings. The van der Waals surface area contributed by atoms with Crippen molar-refractivity contribution in [2.45, 2.75) is 39.3 Å². The Morgan fingerprint density at radius 1 is 1.23 bits per heavy atom. The van der Waals surface area contributed by atoms with Crippen LogP contribution in [0.2, 0.25) is 0 Å². The van der Waals surface area contributed by atoms with Crippen molar-refractivity contribution >= 4 is 11.6 Å². The van der Waals surface area contributed by atoms with Gasteiger partial charge >= 0.3 is 0 Å². The summed E-state index contributed by atoms with van der Waals surface area (Å²) in [5, 5.41) is 17.5. The molecule has 1 saturated heterocycles. The highest BCUT2D eigenvalue weighted by atomic mass is 16.6. The second-order valence-electron chi connectivity index (χ2n) is 7.83. The Morgan fingerprint density at radius 2 is 2.00 bits per heavy atom. The van der Waals surface area contributed by atoms with E-state index in [1.54, 1.807) is 18.4 Å². The Bertz CT molecular complexity index is 797. The van der Waals surface area contributed by atoms with Crippen molar-refractivity contribution in [3.8, 4) is 0 Å². The average Bonchev–Trinajstić information content (AvgIpc) is 3.27. The fourth-order valence-corrected chi connectivity index (χ4v) is 3.45. The molecule has 0 unspecified atom stereocenters. The lowest BCUT2D eigenvalue weighted by Gasteiger charge is -2.30. The van der Waals surface area contributed by atoms with Gasteiger partial charge in [0.2, 0.25) is 0 Å². The zero-order valence-corrected chi connectivity index (χ0v) is 17.5. The molecule has 0 bridgehead atoms. The maximum atomic E-state index is 10.8. The number of non-ortho nitro benzene ring substituents is 1. The summed E-state index contributed by atoms with van der Waals surface area (Å²) in [5.74, 6) is 2.39. The van der Waals surface area contributed by atoms with Gasteiger partial charge in [0, 0.05) is 18.7 Å². The van der Waals surface area contributed by atoms with Crippen LogP contribution in [0.15, 0.2) is 52.1 Å². The van der Waals surface area contributed by atoms with Gasteiger partial charge in [0.25, 0.3) is 5.69 Å². The van der Waals surface area contributed by atoms with E-state index in [2.05, 4.69) is 27.4 Å². The first kappa shape index (κ1) is 21.8. The van der Waals surface area contributed by atoms with Crippen LogP contribution >= 0.6 is 0 Å². The van der Waals surface area contributed by atoms with E-state index in [9.17, 15) is 10.1 Å². The van der Waals surface area contributed by atoms with E-state index in [0.717, 1.165) is 36.8 Å². The van der Waals surface area contributed by atoms with E-state index in [0.29, 0.717) is 19.0 Å². The molecule has 30 heavy (non-hydrogen) atoms. The van der Waals surface area contributed by atoms with Gasteiger partial charge in [-0.15, -0.1) is 0 Å². The topological polar surface area (TPSA) is 95.9 Å². The van der Waals surface area contributed by atoms with Gasteiger partial charge in [-0.3, -0.25) is 10.1 Å². The number of rotatable bonds is 9. The predicted octanol–water partition coefficient (Wildman–Crippen LogP) is 3.55. The number of benzene rings is 1. The second-order valence-corrected chi connectivity index (χ2v) is 7.83. The largest absolute Gasteiger partial charge is 0.467 e. The zero-order valence-electron chi connectivity index (χ0n) is 17.5. The summed E-state index contributed by atoms with van der Waals surface area (Å²) in [6.07, 6.45) is 5.28. The number of nitrogens with zero attached hydrogens (tertiary/aromatic N) is 3. The fraction of sp³-hybridized carbons (Fsp3) is 0.500. The molecule has 1 aliphatic rings. The molecule has 0 aliphatic carbocycles. The molecule has 2 N–H and O–H groups in total. The predicted molar refractivity (Wildman–Crippen MR) is 117 cm³/mol. The first-order chi connectivity index (χ1) is 14.6. The van der Waals surface area contributed by atoms with E-state index < -0.39 is 4.92 Å².